The van der Waals surface area contributed by atoms with E-state index in [0.29, 0.717) is 6.54 Å². The Hall–Kier alpha value is -2.42. The van der Waals surface area contributed by atoms with Gasteiger partial charge in [-0.2, -0.15) is 0 Å². The molecule has 3 N–H and O–H groups in total. The minimum absolute atomic E-state index is 0.335. The second-order valence-corrected chi connectivity index (χ2v) is 6.89. The van der Waals surface area contributed by atoms with Crippen LogP contribution in [0.15, 0.2) is 72.8 Å². The smallest absolute Gasteiger partial charge is 0.0589 e. The Kier molecular flexibility index (Phi) is 5.03. The van der Waals surface area contributed by atoms with E-state index in [9.17, 15) is 0 Å². The predicted molar refractivity (Wildman–Crippen MR) is 106 cm³/mol. The lowest BCUT2D eigenvalue weighted by Gasteiger charge is -2.36. The molecular formula is C23H26N2. The highest BCUT2D eigenvalue weighted by molar-refractivity contribution is 5.53. The molecule has 3 aromatic carbocycles. The van der Waals surface area contributed by atoms with Gasteiger partial charge in [-0.15, -0.1) is 0 Å². The van der Waals surface area contributed by atoms with Crippen molar-refractivity contribution in [2.75, 3.05) is 6.54 Å². The van der Waals surface area contributed by atoms with Crippen LogP contribution in [-0.2, 0) is 5.41 Å². The molecule has 3 aromatic rings. The van der Waals surface area contributed by atoms with Crippen molar-refractivity contribution < 1.29 is 0 Å². The largest absolute Gasteiger partial charge is 0.271 e. The van der Waals surface area contributed by atoms with Crippen molar-refractivity contribution in [2.24, 2.45) is 5.84 Å². The van der Waals surface area contributed by atoms with Crippen molar-refractivity contribution >= 4 is 0 Å². The normalized spacial score (nSPS) is 11.5. The van der Waals surface area contributed by atoms with Gasteiger partial charge in [0.15, 0.2) is 0 Å². The van der Waals surface area contributed by atoms with E-state index in [1.807, 2.05) is 0 Å². The number of hydrogen-bond acceptors (Lipinski definition) is 2. The number of rotatable bonds is 5. The molecule has 0 saturated carbocycles. The first-order valence-electron chi connectivity index (χ1n) is 8.71. The molecule has 3 rings (SSSR count). The zero-order chi connectivity index (χ0) is 17.9. The summed E-state index contributed by atoms with van der Waals surface area (Å²) in [6.07, 6.45) is 0. The Morgan fingerprint density at radius 2 is 1.04 bits per heavy atom. The van der Waals surface area contributed by atoms with Crippen molar-refractivity contribution in [1.29, 1.82) is 0 Å². The number of benzene rings is 3. The van der Waals surface area contributed by atoms with E-state index in [0.717, 1.165) is 0 Å². The van der Waals surface area contributed by atoms with Gasteiger partial charge in [-0.3, -0.25) is 11.3 Å². The van der Waals surface area contributed by atoms with Crippen LogP contribution in [0.1, 0.15) is 33.4 Å². The van der Waals surface area contributed by atoms with Gasteiger partial charge < -0.3 is 0 Å². The summed E-state index contributed by atoms with van der Waals surface area (Å²) in [5, 5.41) is 0. The third-order valence-corrected chi connectivity index (χ3v) is 4.90. The van der Waals surface area contributed by atoms with E-state index in [2.05, 4.69) is 99.0 Å². The van der Waals surface area contributed by atoms with Crippen molar-refractivity contribution in [2.45, 2.75) is 26.2 Å². The first-order chi connectivity index (χ1) is 12.1. The van der Waals surface area contributed by atoms with E-state index in [1.54, 1.807) is 0 Å². The number of aryl methyl sites for hydroxylation is 3. The molecule has 2 heteroatoms. The molecule has 0 bridgehead atoms. The second kappa shape index (κ2) is 7.22. The van der Waals surface area contributed by atoms with Gasteiger partial charge in [0.25, 0.3) is 0 Å². The fourth-order valence-corrected chi connectivity index (χ4v) is 3.69. The molecule has 0 aliphatic carbocycles. The van der Waals surface area contributed by atoms with Crippen LogP contribution in [0, 0.1) is 20.8 Å². The van der Waals surface area contributed by atoms with Crippen molar-refractivity contribution in [1.82, 2.24) is 5.43 Å². The molecule has 2 nitrogen and oxygen atoms in total. The first-order valence-corrected chi connectivity index (χ1v) is 8.71. The van der Waals surface area contributed by atoms with Gasteiger partial charge in [0.1, 0.15) is 0 Å². The van der Waals surface area contributed by atoms with Gasteiger partial charge in [-0.05, 0) is 37.5 Å². The van der Waals surface area contributed by atoms with Gasteiger partial charge in [-0.25, -0.2) is 0 Å². The summed E-state index contributed by atoms with van der Waals surface area (Å²) in [6, 6.07) is 26.2. The molecule has 0 heterocycles. The molecule has 0 fully saturated rings. The number of hydrogen-bond donors (Lipinski definition) is 2. The number of hydrazine groups is 1. The summed E-state index contributed by atoms with van der Waals surface area (Å²) in [6.45, 7) is 7.03. The van der Waals surface area contributed by atoms with E-state index in [4.69, 9.17) is 5.84 Å². The lowest BCUT2D eigenvalue weighted by atomic mass is 9.68. The van der Waals surface area contributed by atoms with E-state index < -0.39 is 0 Å². The zero-order valence-electron chi connectivity index (χ0n) is 15.2. The maximum Gasteiger partial charge on any atom is 0.0589 e. The predicted octanol–water partition coefficient (Wildman–Crippen LogP) is 4.41. The summed E-state index contributed by atoms with van der Waals surface area (Å²) in [5.74, 6) is 5.89. The highest BCUT2D eigenvalue weighted by Gasteiger charge is 2.36. The molecule has 0 aliphatic heterocycles. The zero-order valence-corrected chi connectivity index (χ0v) is 15.2. The molecule has 0 aromatic heterocycles. The van der Waals surface area contributed by atoms with Gasteiger partial charge in [0.05, 0.1) is 5.41 Å². The highest BCUT2D eigenvalue weighted by Crippen LogP contribution is 2.39. The van der Waals surface area contributed by atoms with Crippen LogP contribution in [0.2, 0.25) is 0 Å². The third kappa shape index (κ3) is 3.37. The van der Waals surface area contributed by atoms with E-state index >= 15 is 0 Å². The van der Waals surface area contributed by atoms with Crippen LogP contribution >= 0.6 is 0 Å². The van der Waals surface area contributed by atoms with Gasteiger partial charge in [0, 0.05) is 6.54 Å². The van der Waals surface area contributed by atoms with Gasteiger partial charge in [0.2, 0.25) is 0 Å². The Morgan fingerprint density at radius 1 is 0.680 bits per heavy atom. The summed E-state index contributed by atoms with van der Waals surface area (Å²) >= 11 is 0. The Morgan fingerprint density at radius 3 is 1.32 bits per heavy atom. The Labute approximate surface area is 150 Å². The number of nitrogens with two attached hydrogens (primary N) is 1. The summed E-state index contributed by atoms with van der Waals surface area (Å²) in [7, 11) is 0. The lowest BCUT2D eigenvalue weighted by Crippen LogP contribution is -2.43. The summed E-state index contributed by atoms with van der Waals surface area (Å²) in [5.41, 5.74) is 10.1. The fraction of sp³-hybridized carbons (Fsp3) is 0.217. The molecule has 0 spiro atoms. The third-order valence-electron chi connectivity index (χ3n) is 4.90. The van der Waals surface area contributed by atoms with Crippen LogP contribution in [0.5, 0.6) is 0 Å². The molecule has 0 radical (unpaired) electrons. The monoisotopic (exact) mass is 330 g/mol. The minimum atomic E-state index is -0.335. The number of nitrogens with one attached hydrogen (secondary N) is 1. The van der Waals surface area contributed by atoms with Crippen molar-refractivity contribution in [3.63, 3.8) is 0 Å². The average molecular weight is 330 g/mol. The van der Waals surface area contributed by atoms with Crippen LogP contribution in [-0.4, -0.2) is 6.54 Å². The van der Waals surface area contributed by atoms with E-state index in [-0.39, 0.29) is 5.41 Å². The summed E-state index contributed by atoms with van der Waals surface area (Å²) in [4.78, 5) is 0. The molecule has 128 valence electrons. The van der Waals surface area contributed by atoms with Gasteiger partial charge >= 0.3 is 0 Å². The maximum atomic E-state index is 5.89. The molecule has 0 atom stereocenters. The van der Waals surface area contributed by atoms with Gasteiger partial charge in [-0.1, -0.05) is 89.5 Å². The van der Waals surface area contributed by atoms with Crippen LogP contribution in [0.4, 0.5) is 0 Å². The van der Waals surface area contributed by atoms with Crippen LogP contribution < -0.4 is 11.3 Å². The quantitative estimate of drug-likeness (QED) is 0.413. The average Bonchev–Trinajstić information content (AvgIpc) is 2.59. The standard InChI is InChI=1S/C23H26N2/c1-17-7-4-10-20(13-17)23(16-25-24,21-11-5-8-18(2)14-21)22-12-6-9-19(3)15-22/h4-15,25H,16,24H2,1-3H3. The molecule has 25 heavy (non-hydrogen) atoms. The topological polar surface area (TPSA) is 38.0 Å². The highest BCUT2D eigenvalue weighted by atomic mass is 15.2. The SMILES string of the molecule is Cc1cccc(C(CNN)(c2cccc(C)c2)c2cccc(C)c2)c1. The molecular weight excluding hydrogens is 304 g/mol. The lowest BCUT2D eigenvalue weighted by molar-refractivity contribution is 0.545. The van der Waals surface area contributed by atoms with Crippen molar-refractivity contribution in [3.8, 4) is 0 Å². The van der Waals surface area contributed by atoms with Crippen LogP contribution in [0.3, 0.4) is 0 Å². The molecule has 0 aliphatic rings. The molecule has 0 saturated heterocycles. The molecule has 0 amide bonds. The van der Waals surface area contributed by atoms with Crippen LogP contribution in [0.25, 0.3) is 0 Å². The fourth-order valence-electron chi connectivity index (χ4n) is 3.69. The van der Waals surface area contributed by atoms with E-state index in [1.165, 1.54) is 33.4 Å². The maximum absolute atomic E-state index is 5.89. The second-order valence-electron chi connectivity index (χ2n) is 6.89. The Bertz CT molecular complexity index is 756. The first kappa shape index (κ1) is 17.4. The van der Waals surface area contributed by atoms with Crippen molar-refractivity contribution in [3.05, 3.63) is 106 Å². The minimum Gasteiger partial charge on any atom is -0.271 e. The Balaban J connectivity index is 2.36. The molecule has 0 unspecified atom stereocenters. The summed E-state index contributed by atoms with van der Waals surface area (Å²) < 4.78 is 0.